The van der Waals surface area contributed by atoms with E-state index >= 15 is 0 Å². The van der Waals surface area contributed by atoms with Crippen LogP contribution in [0, 0.1) is 5.92 Å². The first-order chi connectivity index (χ1) is 7.60. The van der Waals surface area contributed by atoms with Crippen molar-refractivity contribution in [1.29, 1.82) is 0 Å². The van der Waals surface area contributed by atoms with Gasteiger partial charge >= 0.3 is 0 Å². The van der Waals surface area contributed by atoms with Crippen LogP contribution in [0.3, 0.4) is 0 Å². The smallest absolute Gasteiger partial charge is 0.214 e. The minimum atomic E-state index is -3.08. The van der Waals surface area contributed by atoms with Crippen molar-refractivity contribution in [2.24, 2.45) is 5.92 Å². The molecule has 0 N–H and O–H groups in total. The second-order valence-electron chi connectivity index (χ2n) is 4.16. The zero-order valence-electron chi connectivity index (χ0n) is 9.69. The molecule has 0 saturated carbocycles. The lowest BCUT2D eigenvalue weighted by atomic mass is 10.0. The number of ether oxygens (including phenoxy) is 1. The summed E-state index contributed by atoms with van der Waals surface area (Å²) in [6.07, 6.45) is 2.33. The normalized spacial score (nSPS) is 20.1. The molecule has 1 saturated heterocycles. The van der Waals surface area contributed by atoms with Crippen LogP contribution in [0.15, 0.2) is 0 Å². The molecule has 96 valence electrons. The number of sulfonamides is 1. The fourth-order valence-corrected chi connectivity index (χ4v) is 3.67. The van der Waals surface area contributed by atoms with E-state index in [1.165, 1.54) is 0 Å². The van der Waals surface area contributed by atoms with Crippen LogP contribution in [0.4, 0.5) is 0 Å². The Balaban J connectivity index is 2.39. The maximum absolute atomic E-state index is 11.9. The van der Waals surface area contributed by atoms with E-state index in [2.05, 4.69) is 0 Å². The van der Waals surface area contributed by atoms with Crippen LogP contribution in [0.2, 0.25) is 0 Å². The molecule has 16 heavy (non-hydrogen) atoms. The van der Waals surface area contributed by atoms with E-state index in [1.807, 2.05) is 0 Å². The van der Waals surface area contributed by atoms with Crippen LogP contribution in [0.5, 0.6) is 0 Å². The second kappa shape index (κ2) is 6.79. The van der Waals surface area contributed by atoms with Crippen molar-refractivity contribution in [3.05, 3.63) is 0 Å². The summed E-state index contributed by atoms with van der Waals surface area (Å²) in [5.41, 5.74) is 0. The average molecular weight is 270 g/mol. The molecular formula is C10H20ClNO3S. The van der Waals surface area contributed by atoms with Crippen LogP contribution in [-0.4, -0.2) is 51.2 Å². The van der Waals surface area contributed by atoms with E-state index in [-0.39, 0.29) is 5.75 Å². The van der Waals surface area contributed by atoms with Gasteiger partial charge in [0.05, 0.1) is 5.75 Å². The number of nitrogens with zero attached hydrogens (tertiary/aromatic N) is 1. The van der Waals surface area contributed by atoms with Gasteiger partial charge in [-0.3, -0.25) is 0 Å². The van der Waals surface area contributed by atoms with E-state index in [0.717, 1.165) is 12.8 Å². The quantitative estimate of drug-likeness (QED) is 0.539. The van der Waals surface area contributed by atoms with E-state index < -0.39 is 10.0 Å². The first-order valence-electron chi connectivity index (χ1n) is 5.63. The summed E-state index contributed by atoms with van der Waals surface area (Å²) in [7, 11) is -1.50. The average Bonchev–Trinajstić information content (AvgIpc) is 2.29. The van der Waals surface area contributed by atoms with Gasteiger partial charge in [0.15, 0.2) is 0 Å². The first kappa shape index (κ1) is 14.2. The zero-order chi connectivity index (χ0) is 12.0. The molecule has 0 radical (unpaired) electrons. The molecule has 0 bridgehead atoms. The van der Waals surface area contributed by atoms with Gasteiger partial charge in [0.1, 0.15) is 0 Å². The SMILES string of the molecule is COCCCS(=O)(=O)N1CCC(CCl)CC1. The zero-order valence-corrected chi connectivity index (χ0v) is 11.3. The largest absolute Gasteiger partial charge is 0.385 e. The number of alkyl halides is 1. The molecule has 1 fully saturated rings. The third-order valence-corrected chi connectivity index (χ3v) is 5.33. The topological polar surface area (TPSA) is 46.6 Å². The van der Waals surface area contributed by atoms with Crippen molar-refractivity contribution in [3.63, 3.8) is 0 Å². The molecule has 0 aliphatic carbocycles. The van der Waals surface area contributed by atoms with E-state index in [9.17, 15) is 8.42 Å². The summed E-state index contributed by atoms with van der Waals surface area (Å²) >= 11 is 5.76. The van der Waals surface area contributed by atoms with Crippen LogP contribution >= 0.6 is 11.6 Å². The predicted octanol–water partition coefficient (Wildman–Crippen LogP) is 1.30. The number of piperidine rings is 1. The van der Waals surface area contributed by atoms with Crippen LogP contribution < -0.4 is 0 Å². The Morgan fingerprint density at radius 2 is 2.00 bits per heavy atom. The minimum absolute atomic E-state index is 0.187. The fraction of sp³-hybridized carbons (Fsp3) is 1.00. The minimum Gasteiger partial charge on any atom is -0.385 e. The van der Waals surface area contributed by atoms with Crippen molar-refractivity contribution < 1.29 is 13.2 Å². The van der Waals surface area contributed by atoms with Crippen molar-refractivity contribution >= 4 is 21.6 Å². The van der Waals surface area contributed by atoms with Crippen LogP contribution in [0.25, 0.3) is 0 Å². The lowest BCUT2D eigenvalue weighted by Gasteiger charge is -2.30. The highest BCUT2D eigenvalue weighted by molar-refractivity contribution is 7.89. The maximum Gasteiger partial charge on any atom is 0.214 e. The third-order valence-electron chi connectivity index (χ3n) is 2.94. The standard InChI is InChI=1S/C10H20ClNO3S/c1-15-7-2-8-16(13,14)12-5-3-10(9-11)4-6-12/h10H,2-9H2,1H3. The number of methoxy groups -OCH3 is 1. The summed E-state index contributed by atoms with van der Waals surface area (Å²) in [6.45, 7) is 1.73. The number of rotatable bonds is 6. The lowest BCUT2D eigenvalue weighted by molar-refractivity contribution is 0.198. The van der Waals surface area contributed by atoms with Crippen molar-refractivity contribution in [1.82, 2.24) is 4.31 Å². The Kier molecular flexibility index (Phi) is 6.03. The molecule has 1 rings (SSSR count). The Morgan fingerprint density at radius 1 is 1.38 bits per heavy atom. The monoisotopic (exact) mass is 269 g/mol. The van der Waals surface area contributed by atoms with Gasteiger partial charge < -0.3 is 4.74 Å². The Labute approximate surface area is 103 Å². The predicted molar refractivity (Wildman–Crippen MR) is 65.3 cm³/mol. The third kappa shape index (κ3) is 4.20. The number of halogens is 1. The van der Waals surface area contributed by atoms with Crippen molar-refractivity contribution in [2.45, 2.75) is 19.3 Å². The lowest BCUT2D eigenvalue weighted by Crippen LogP contribution is -2.40. The van der Waals surface area contributed by atoms with Gasteiger partial charge in [-0.1, -0.05) is 0 Å². The Morgan fingerprint density at radius 3 is 2.50 bits per heavy atom. The summed E-state index contributed by atoms with van der Waals surface area (Å²) < 4.78 is 30.2. The highest BCUT2D eigenvalue weighted by atomic mass is 35.5. The van der Waals surface area contributed by atoms with Gasteiger partial charge in [0, 0.05) is 32.7 Å². The fourth-order valence-electron chi connectivity index (χ4n) is 1.86. The Hall–Kier alpha value is 0.160. The molecule has 1 aliphatic rings. The molecule has 6 heteroatoms. The van der Waals surface area contributed by atoms with Gasteiger partial charge in [0.25, 0.3) is 0 Å². The highest BCUT2D eigenvalue weighted by Gasteiger charge is 2.26. The number of hydrogen-bond donors (Lipinski definition) is 0. The van der Waals surface area contributed by atoms with E-state index in [1.54, 1.807) is 11.4 Å². The van der Waals surface area contributed by atoms with Gasteiger partial charge in [-0.25, -0.2) is 12.7 Å². The highest BCUT2D eigenvalue weighted by Crippen LogP contribution is 2.20. The molecule has 0 aromatic heterocycles. The van der Waals surface area contributed by atoms with Gasteiger partial charge in [-0.05, 0) is 25.2 Å². The molecule has 0 aromatic rings. The second-order valence-corrected chi connectivity index (χ2v) is 6.56. The summed E-state index contributed by atoms with van der Waals surface area (Å²) in [5, 5.41) is 0. The molecule has 0 spiro atoms. The Bertz CT molecular complexity index is 286. The van der Waals surface area contributed by atoms with Gasteiger partial charge in [0.2, 0.25) is 10.0 Å². The summed E-state index contributed by atoms with van der Waals surface area (Å²) in [4.78, 5) is 0. The van der Waals surface area contributed by atoms with Crippen molar-refractivity contribution in [3.8, 4) is 0 Å². The molecule has 0 atom stereocenters. The molecule has 0 aromatic carbocycles. The first-order valence-corrected chi connectivity index (χ1v) is 7.77. The van der Waals surface area contributed by atoms with Gasteiger partial charge in [-0.15, -0.1) is 11.6 Å². The maximum atomic E-state index is 11.9. The molecule has 4 nitrogen and oxygen atoms in total. The number of hydrogen-bond acceptors (Lipinski definition) is 3. The van der Waals surface area contributed by atoms with Crippen molar-refractivity contribution in [2.75, 3.05) is 38.4 Å². The molecule has 1 heterocycles. The molecular weight excluding hydrogens is 250 g/mol. The summed E-state index contributed by atoms with van der Waals surface area (Å²) in [5.74, 6) is 1.30. The van der Waals surface area contributed by atoms with Crippen LogP contribution in [0.1, 0.15) is 19.3 Å². The molecule has 0 amide bonds. The van der Waals surface area contributed by atoms with Crippen LogP contribution in [-0.2, 0) is 14.8 Å². The van der Waals surface area contributed by atoms with E-state index in [0.29, 0.717) is 37.9 Å². The molecule has 1 aliphatic heterocycles. The summed E-state index contributed by atoms with van der Waals surface area (Å²) in [6, 6.07) is 0. The van der Waals surface area contributed by atoms with E-state index in [4.69, 9.17) is 16.3 Å². The van der Waals surface area contributed by atoms with Gasteiger partial charge in [-0.2, -0.15) is 0 Å². The molecule has 0 unspecified atom stereocenters.